The second-order valence-corrected chi connectivity index (χ2v) is 4.45. The minimum absolute atomic E-state index is 0.210. The van der Waals surface area contributed by atoms with Crippen LogP contribution in [0.4, 0.5) is 4.39 Å². The van der Waals surface area contributed by atoms with E-state index in [1.165, 1.54) is 13.2 Å². The van der Waals surface area contributed by atoms with Gasteiger partial charge in [0.1, 0.15) is 6.61 Å². The number of rotatable bonds is 6. The van der Waals surface area contributed by atoms with Crippen LogP contribution in [0.3, 0.4) is 0 Å². The van der Waals surface area contributed by atoms with E-state index in [0.717, 1.165) is 5.56 Å². The van der Waals surface area contributed by atoms with Gasteiger partial charge in [0.2, 0.25) is 0 Å². The summed E-state index contributed by atoms with van der Waals surface area (Å²) < 4.78 is 29.4. The van der Waals surface area contributed by atoms with Gasteiger partial charge in [-0.25, -0.2) is 4.39 Å². The zero-order valence-electron chi connectivity index (χ0n) is 12.1. The maximum absolute atomic E-state index is 13.6. The van der Waals surface area contributed by atoms with E-state index >= 15 is 0 Å². The highest BCUT2D eigenvalue weighted by Crippen LogP contribution is 2.29. The lowest BCUT2D eigenvalue weighted by Gasteiger charge is -2.12. The third-order valence-corrected chi connectivity index (χ3v) is 3.07. The van der Waals surface area contributed by atoms with Crippen molar-refractivity contribution in [1.82, 2.24) is 0 Å². The van der Waals surface area contributed by atoms with Crippen molar-refractivity contribution in [3.8, 4) is 17.2 Å². The van der Waals surface area contributed by atoms with Crippen molar-refractivity contribution >= 4 is 0 Å². The summed E-state index contributed by atoms with van der Waals surface area (Å²) >= 11 is 0. The highest BCUT2D eigenvalue weighted by atomic mass is 19.1. The molecule has 0 aliphatic heterocycles. The van der Waals surface area contributed by atoms with E-state index in [0.29, 0.717) is 23.6 Å². The van der Waals surface area contributed by atoms with Gasteiger partial charge in [-0.2, -0.15) is 0 Å². The fourth-order valence-electron chi connectivity index (χ4n) is 1.92. The van der Waals surface area contributed by atoms with Crippen LogP contribution < -0.4 is 19.9 Å². The first-order valence-corrected chi connectivity index (χ1v) is 6.50. The van der Waals surface area contributed by atoms with E-state index in [9.17, 15) is 4.39 Å². The van der Waals surface area contributed by atoms with Gasteiger partial charge in [0.05, 0.1) is 14.2 Å². The van der Waals surface area contributed by atoms with E-state index in [-0.39, 0.29) is 12.4 Å². The number of halogens is 1. The summed E-state index contributed by atoms with van der Waals surface area (Å²) in [5.74, 6) is 0.987. The monoisotopic (exact) mass is 291 g/mol. The summed E-state index contributed by atoms with van der Waals surface area (Å²) in [6, 6.07) is 10.2. The zero-order valence-corrected chi connectivity index (χ0v) is 12.1. The topological polar surface area (TPSA) is 53.7 Å². The molecular weight excluding hydrogens is 273 g/mol. The predicted molar refractivity (Wildman–Crippen MR) is 78.2 cm³/mol. The quantitative estimate of drug-likeness (QED) is 0.889. The van der Waals surface area contributed by atoms with Gasteiger partial charge >= 0.3 is 0 Å². The molecule has 5 heteroatoms. The second-order valence-electron chi connectivity index (χ2n) is 4.45. The molecule has 2 rings (SSSR count). The molecule has 0 aliphatic rings. The molecule has 21 heavy (non-hydrogen) atoms. The SMILES string of the molecule is COc1ccc(COc2cc(CN)ccc2OC)cc1F. The van der Waals surface area contributed by atoms with Gasteiger partial charge in [-0.15, -0.1) is 0 Å². The van der Waals surface area contributed by atoms with Crippen LogP contribution in [0.15, 0.2) is 36.4 Å². The Hall–Kier alpha value is -2.27. The standard InChI is InChI=1S/C16H18FNO3/c1-19-14-5-4-12(7-13(14)17)10-21-16-8-11(9-18)3-6-15(16)20-2/h3-8H,9-10,18H2,1-2H3. The molecule has 0 amide bonds. The first-order valence-electron chi connectivity index (χ1n) is 6.50. The van der Waals surface area contributed by atoms with Crippen LogP contribution in [0.25, 0.3) is 0 Å². The Morgan fingerprint density at radius 3 is 2.19 bits per heavy atom. The minimum atomic E-state index is -0.415. The summed E-state index contributed by atoms with van der Waals surface area (Å²) in [6.45, 7) is 0.642. The first kappa shape index (κ1) is 15.1. The lowest BCUT2D eigenvalue weighted by atomic mass is 10.2. The molecule has 0 spiro atoms. The normalized spacial score (nSPS) is 10.3. The van der Waals surface area contributed by atoms with Crippen LogP contribution in [0.5, 0.6) is 17.2 Å². The third-order valence-electron chi connectivity index (χ3n) is 3.07. The summed E-state index contributed by atoms with van der Waals surface area (Å²) in [6.07, 6.45) is 0. The van der Waals surface area contributed by atoms with E-state index in [2.05, 4.69) is 0 Å². The molecule has 0 fully saturated rings. The Bertz CT molecular complexity index is 616. The Labute approximate surface area is 123 Å². The van der Waals surface area contributed by atoms with E-state index in [4.69, 9.17) is 19.9 Å². The average molecular weight is 291 g/mol. The maximum Gasteiger partial charge on any atom is 0.165 e. The Morgan fingerprint density at radius 1 is 0.905 bits per heavy atom. The van der Waals surface area contributed by atoms with Crippen molar-refractivity contribution in [2.75, 3.05) is 14.2 Å². The molecule has 0 bridgehead atoms. The second kappa shape index (κ2) is 6.95. The van der Waals surface area contributed by atoms with Gasteiger partial charge in [-0.3, -0.25) is 0 Å². The van der Waals surface area contributed by atoms with Crippen molar-refractivity contribution in [3.63, 3.8) is 0 Å². The third kappa shape index (κ3) is 3.64. The fraction of sp³-hybridized carbons (Fsp3) is 0.250. The number of nitrogens with two attached hydrogens (primary N) is 1. The summed E-state index contributed by atoms with van der Waals surface area (Å²) in [4.78, 5) is 0. The first-order chi connectivity index (χ1) is 10.2. The van der Waals surface area contributed by atoms with Crippen LogP contribution in [0.2, 0.25) is 0 Å². The molecular formula is C16H18FNO3. The lowest BCUT2D eigenvalue weighted by Crippen LogP contribution is -2.01. The van der Waals surface area contributed by atoms with E-state index in [1.807, 2.05) is 12.1 Å². The van der Waals surface area contributed by atoms with Crippen molar-refractivity contribution in [2.24, 2.45) is 5.73 Å². The van der Waals surface area contributed by atoms with Crippen LogP contribution in [-0.4, -0.2) is 14.2 Å². The molecule has 0 aromatic heterocycles. The average Bonchev–Trinajstić information content (AvgIpc) is 2.52. The van der Waals surface area contributed by atoms with Gasteiger partial charge in [0.25, 0.3) is 0 Å². The zero-order chi connectivity index (χ0) is 15.2. The van der Waals surface area contributed by atoms with Crippen LogP contribution >= 0.6 is 0 Å². The van der Waals surface area contributed by atoms with E-state index < -0.39 is 5.82 Å². The molecule has 4 nitrogen and oxygen atoms in total. The van der Waals surface area contributed by atoms with Crippen molar-refractivity contribution in [3.05, 3.63) is 53.3 Å². The Balaban J connectivity index is 2.13. The van der Waals surface area contributed by atoms with Crippen molar-refractivity contribution in [1.29, 1.82) is 0 Å². The number of hydrogen-bond acceptors (Lipinski definition) is 4. The van der Waals surface area contributed by atoms with Gasteiger partial charge in [0.15, 0.2) is 23.1 Å². The summed E-state index contributed by atoms with van der Waals surface area (Å²) in [7, 11) is 3.00. The Morgan fingerprint density at radius 2 is 1.57 bits per heavy atom. The fourth-order valence-corrected chi connectivity index (χ4v) is 1.92. The molecule has 0 aliphatic carbocycles. The number of hydrogen-bond donors (Lipinski definition) is 1. The van der Waals surface area contributed by atoms with E-state index in [1.54, 1.807) is 25.3 Å². The van der Waals surface area contributed by atoms with Gasteiger partial charge in [0, 0.05) is 6.54 Å². The number of benzene rings is 2. The molecule has 0 atom stereocenters. The molecule has 0 radical (unpaired) electrons. The Kier molecular flexibility index (Phi) is 5.00. The molecule has 112 valence electrons. The molecule has 0 heterocycles. The van der Waals surface area contributed by atoms with Crippen molar-refractivity contribution < 1.29 is 18.6 Å². The highest BCUT2D eigenvalue weighted by molar-refractivity contribution is 5.43. The molecule has 2 aromatic carbocycles. The van der Waals surface area contributed by atoms with Crippen LogP contribution in [0.1, 0.15) is 11.1 Å². The van der Waals surface area contributed by atoms with Crippen LogP contribution in [0, 0.1) is 5.82 Å². The smallest absolute Gasteiger partial charge is 0.165 e. The molecule has 0 unspecified atom stereocenters. The van der Waals surface area contributed by atoms with Crippen LogP contribution in [-0.2, 0) is 13.2 Å². The van der Waals surface area contributed by atoms with Gasteiger partial charge < -0.3 is 19.9 Å². The highest BCUT2D eigenvalue weighted by Gasteiger charge is 2.08. The number of methoxy groups -OCH3 is 2. The number of ether oxygens (including phenoxy) is 3. The lowest BCUT2D eigenvalue weighted by molar-refractivity contribution is 0.283. The molecule has 0 saturated heterocycles. The molecule has 0 saturated carbocycles. The van der Waals surface area contributed by atoms with Gasteiger partial charge in [-0.1, -0.05) is 12.1 Å². The minimum Gasteiger partial charge on any atom is -0.494 e. The summed E-state index contributed by atoms with van der Waals surface area (Å²) in [5, 5.41) is 0. The summed E-state index contributed by atoms with van der Waals surface area (Å²) in [5.41, 5.74) is 7.25. The van der Waals surface area contributed by atoms with Gasteiger partial charge in [-0.05, 0) is 35.4 Å². The largest absolute Gasteiger partial charge is 0.494 e. The molecule has 2 N–H and O–H groups in total. The maximum atomic E-state index is 13.6. The molecule has 2 aromatic rings. The van der Waals surface area contributed by atoms with Crippen molar-refractivity contribution in [2.45, 2.75) is 13.2 Å². The predicted octanol–water partition coefficient (Wildman–Crippen LogP) is 2.88.